The fourth-order valence-electron chi connectivity index (χ4n) is 2.23. The van der Waals surface area contributed by atoms with Crippen LogP contribution in [0.5, 0.6) is 0 Å². The first-order valence-electron chi connectivity index (χ1n) is 5.10. The second-order valence-electron chi connectivity index (χ2n) is 4.10. The fraction of sp³-hybridized carbons (Fsp3) is 0.545. The summed E-state index contributed by atoms with van der Waals surface area (Å²) in [6, 6.07) is 6.35. The molecule has 14 heavy (non-hydrogen) atoms. The average Bonchev–Trinajstić information content (AvgIpc) is 2.76. The average molecular weight is 189 g/mol. The van der Waals surface area contributed by atoms with E-state index in [-0.39, 0.29) is 0 Å². The molecule has 0 aromatic carbocycles. The smallest absolute Gasteiger partial charge is 0.120 e. The van der Waals surface area contributed by atoms with Crippen molar-refractivity contribution in [3.63, 3.8) is 0 Å². The number of aromatic nitrogens is 1. The minimum absolute atomic E-state index is 0.376. The summed E-state index contributed by atoms with van der Waals surface area (Å²) in [6.07, 6.45) is 5.41. The summed E-state index contributed by atoms with van der Waals surface area (Å²) in [4.78, 5) is 0. The molecule has 1 aromatic rings. The summed E-state index contributed by atoms with van der Waals surface area (Å²) in [5.74, 6) is 0.657. The third kappa shape index (κ3) is 1.80. The molecule has 1 aromatic heterocycles. The van der Waals surface area contributed by atoms with Crippen LogP contribution < -0.4 is 5.73 Å². The van der Waals surface area contributed by atoms with E-state index in [0.717, 1.165) is 25.1 Å². The maximum atomic E-state index is 8.84. The maximum Gasteiger partial charge on any atom is 0.120 e. The van der Waals surface area contributed by atoms with Crippen LogP contribution in [0.2, 0.25) is 0 Å². The molecule has 1 fully saturated rings. The van der Waals surface area contributed by atoms with Gasteiger partial charge in [-0.3, -0.25) is 0 Å². The number of hydrogen-bond donors (Lipinski definition) is 1. The van der Waals surface area contributed by atoms with Crippen molar-refractivity contribution in [1.29, 1.82) is 5.26 Å². The summed E-state index contributed by atoms with van der Waals surface area (Å²) in [5.41, 5.74) is 6.61. The predicted molar refractivity (Wildman–Crippen MR) is 54.5 cm³/mol. The monoisotopic (exact) mass is 189 g/mol. The van der Waals surface area contributed by atoms with E-state index in [1.807, 2.05) is 22.9 Å². The molecule has 1 aliphatic rings. The lowest BCUT2D eigenvalue weighted by atomic mass is 10.1. The van der Waals surface area contributed by atoms with Crippen molar-refractivity contribution in [2.45, 2.75) is 31.8 Å². The first-order valence-corrected chi connectivity index (χ1v) is 5.10. The third-order valence-corrected chi connectivity index (χ3v) is 2.98. The first kappa shape index (κ1) is 9.29. The molecule has 0 amide bonds. The minimum atomic E-state index is 0.376. The van der Waals surface area contributed by atoms with Gasteiger partial charge in [-0.05, 0) is 37.3 Å². The minimum Gasteiger partial charge on any atom is -0.339 e. The van der Waals surface area contributed by atoms with E-state index in [2.05, 4.69) is 6.07 Å². The van der Waals surface area contributed by atoms with Crippen LogP contribution in [0.1, 0.15) is 25.0 Å². The highest BCUT2D eigenvalue weighted by Crippen LogP contribution is 2.25. The van der Waals surface area contributed by atoms with Crippen molar-refractivity contribution < 1.29 is 0 Å². The van der Waals surface area contributed by atoms with Gasteiger partial charge in [-0.2, -0.15) is 5.26 Å². The van der Waals surface area contributed by atoms with Gasteiger partial charge in [-0.15, -0.1) is 0 Å². The number of nitrogens with two attached hydrogens (primary N) is 1. The van der Waals surface area contributed by atoms with Crippen LogP contribution in [0.3, 0.4) is 0 Å². The van der Waals surface area contributed by atoms with Crippen LogP contribution in [-0.2, 0) is 6.54 Å². The van der Waals surface area contributed by atoms with Gasteiger partial charge in [0.05, 0.1) is 0 Å². The van der Waals surface area contributed by atoms with Crippen LogP contribution in [0.4, 0.5) is 0 Å². The molecule has 0 saturated heterocycles. The summed E-state index contributed by atoms with van der Waals surface area (Å²) in [6.45, 7) is 0.948. The Kier molecular flexibility index (Phi) is 2.55. The number of nitriles is 1. The molecular formula is C11H15N3. The molecule has 74 valence electrons. The highest BCUT2D eigenvalue weighted by Gasteiger charge is 2.22. The summed E-state index contributed by atoms with van der Waals surface area (Å²) in [7, 11) is 0. The lowest BCUT2D eigenvalue weighted by molar-refractivity contribution is 0.450. The molecule has 0 unspecified atom stereocenters. The van der Waals surface area contributed by atoms with Crippen molar-refractivity contribution in [3.8, 4) is 6.07 Å². The molecule has 0 radical (unpaired) electrons. The molecule has 0 spiro atoms. The zero-order valence-electron chi connectivity index (χ0n) is 8.19. The normalized spacial score (nSPS) is 26.3. The summed E-state index contributed by atoms with van der Waals surface area (Å²) < 4.78 is 2.03. The van der Waals surface area contributed by atoms with Crippen LogP contribution in [-0.4, -0.2) is 10.6 Å². The SMILES string of the molecule is N#Cc1cccn1C[C@H]1CC[C@@H](N)C1. The molecule has 1 heterocycles. The Bertz CT molecular complexity index is 348. The Morgan fingerprint density at radius 2 is 2.43 bits per heavy atom. The molecule has 1 aliphatic carbocycles. The lowest BCUT2D eigenvalue weighted by Crippen LogP contribution is -2.16. The van der Waals surface area contributed by atoms with Crippen LogP contribution >= 0.6 is 0 Å². The topological polar surface area (TPSA) is 54.7 Å². The second kappa shape index (κ2) is 3.85. The van der Waals surface area contributed by atoms with Gasteiger partial charge in [-0.25, -0.2) is 0 Å². The van der Waals surface area contributed by atoms with Crippen molar-refractivity contribution >= 4 is 0 Å². The van der Waals surface area contributed by atoms with E-state index in [1.165, 1.54) is 6.42 Å². The van der Waals surface area contributed by atoms with Gasteiger partial charge >= 0.3 is 0 Å². The Morgan fingerprint density at radius 3 is 3.07 bits per heavy atom. The largest absolute Gasteiger partial charge is 0.339 e. The van der Waals surface area contributed by atoms with E-state index in [0.29, 0.717) is 12.0 Å². The van der Waals surface area contributed by atoms with E-state index in [1.54, 1.807) is 0 Å². The zero-order valence-corrected chi connectivity index (χ0v) is 8.19. The number of nitrogens with zero attached hydrogens (tertiary/aromatic N) is 2. The number of rotatable bonds is 2. The lowest BCUT2D eigenvalue weighted by Gasteiger charge is -2.11. The molecule has 3 heteroatoms. The van der Waals surface area contributed by atoms with E-state index in [9.17, 15) is 0 Å². The predicted octanol–water partition coefficient (Wildman–Crippen LogP) is 1.49. The molecule has 0 aliphatic heterocycles. The molecule has 2 N–H and O–H groups in total. The van der Waals surface area contributed by atoms with Gasteiger partial charge in [0.25, 0.3) is 0 Å². The maximum absolute atomic E-state index is 8.84. The Hall–Kier alpha value is -1.27. The second-order valence-corrected chi connectivity index (χ2v) is 4.10. The highest BCUT2D eigenvalue weighted by atomic mass is 15.0. The van der Waals surface area contributed by atoms with Crippen LogP contribution in [0.25, 0.3) is 0 Å². The van der Waals surface area contributed by atoms with Gasteiger partial charge < -0.3 is 10.3 Å². The van der Waals surface area contributed by atoms with Crippen molar-refractivity contribution in [3.05, 3.63) is 24.0 Å². The van der Waals surface area contributed by atoms with Gasteiger partial charge in [0.2, 0.25) is 0 Å². The molecule has 3 nitrogen and oxygen atoms in total. The number of hydrogen-bond acceptors (Lipinski definition) is 2. The fourth-order valence-corrected chi connectivity index (χ4v) is 2.23. The van der Waals surface area contributed by atoms with Crippen molar-refractivity contribution in [2.24, 2.45) is 11.7 Å². The van der Waals surface area contributed by atoms with Crippen molar-refractivity contribution in [1.82, 2.24) is 4.57 Å². The van der Waals surface area contributed by atoms with Gasteiger partial charge in [0.15, 0.2) is 0 Å². The van der Waals surface area contributed by atoms with Crippen molar-refractivity contribution in [2.75, 3.05) is 0 Å². The highest BCUT2D eigenvalue weighted by molar-refractivity contribution is 5.21. The molecular weight excluding hydrogens is 174 g/mol. The van der Waals surface area contributed by atoms with Crippen LogP contribution in [0.15, 0.2) is 18.3 Å². The van der Waals surface area contributed by atoms with Gasteiger partial charge in [0.1, 0.15) is 11.8 Å². The third-order valence-electron chi connectivity index (χ3n) is 2.98. The van der Waals surface area contributed by atoms with Gasteiger partial charge in [-0.1, -0.05) is 0 Å². The molecule has 2 atom stereocenters. The Morgan fingerprint density at radius 1 is 1.57 bits per heavy atom. The molecule has 1 saturated carbocycles. The van der Waals surface area contributed by atoms with E-state index < -0.39 is 0 Å². The molecule has 0 bridgehead atoms. The Balaban J connectivity index is 2.01. The van der Waals surface area contributed by atoms with Crippen LogP contribution in [0, 0.1) is 17.2 Å². The first-order chi connectivity index (χ1) is 6.79. The van der Waals surface area contributed by atoms with E-state index >= 15 is 0 Å². The molecule has 2 rings (SSSR count). The zero-order chi connectivity index (χ0) is 9.97. The standard InChI is InChI=1S/C11H15N3/c12-7-11-2-1-5-14(11)8-9-3-4-10(13)6-9/h1-2,5,9-10H,3-4,6,8,13H2/t9-,10+/m0/s1. The summed E-state index contributed by atoms with van der Waals surface area (Å²) >= 11 is 0. The quantitative estimate of drug-likeness (QED) is 0.766. The van der Waals surface area contributed by atoms with E-state index in [4.69, 9.17) is 11.0 Å². The van der Waals surface area contributed by atoms with Gasteiger partial charge in [0, 0.05) is 18.8 Å². The summed E-state index contributed by atoms with van der Waals surface area (Å²) in [5, 5.41) is 8.84. The Labute approximate surface area is 84.1 Å².